The SMILES string of the molecule is CCN(CC)Cc1cc2ccc(Br)cc2c2c1COC2. The van der Waals surface area contributed by atoms with Gasteiger partial charge in [-0.25, -0.2) is 0 Å². The molecule has 20 heavy (non-hydrogen) atoms. The molecule has 0 unspecified atom stereocenters. The quantitative estimate of drug-likeness (QED) is 0.818. The number of fused-ring (bicyclic) bond motifs is 3. The van der Waals surface area contributed by atoms with Crippen LogP contribution in [-0.4, -0.2) is 18.0 Å². The van der Waals surface area contributed by atoms with E-state index in [1.54, 1.807) is 0 Å². The summed E-state index contributed by atoms with van der Waals surface area (Å²) in [5, 5.41) is 2.65. The van der Waals surface area contributed by atoms with Crippen LogP contribution in [0.15, 0.2) is 28.7 Å². The van der Waals surface area contributed by atoms with Crippen molar-refractivity contribution in [1.82, 2.24) is 4.90 Å². The minimum Gasteiger partial charge on any atom is -0.372 e. The second-order valence-corrected chi connectivity index (χ2v) is 6.23. The Balaban J connectivity index is 2.12. The number of halogens is 1. The van der Waals surface area contributed by atoms with Gasteiger partial charge in [-0.1, -0.05) is 35.8 Å². The molecule has 0 atom stereocenters. The molecule has 0 bridgehead atoms. The molecule has 3 rings (SSSR count). The monoisotopic (exact) mass is 333 g/mol. The van der Waals surface area contributed by atoms with Gasteiger partial charge < -0.3 is 4.74 Å². The molecule has 2 aromatic rings. The molecule has 0 spiro atoms. The molecule has 1 aliphatic heterocycles. The van der Waals surface area contributed by atoms with E-state index in [-0.39, 0.29) is 0 Å². The van der Waals surface area contributed by atoms with Gasteiger partial charge in [0.1, 0.15) is 0 Å². The Bertz CT molecular complexity index is 634. The van der Waals surface area contributed by atoms with Crippen LogP contribution in [0, 0.1) is 0 Å². The van der Waals surface area contributed by atoms with Crippen molar-refractivity contribution in [2.24, 2.45) is 0 Å². The summed E-state index contributed by atoms with van der Waals surface area (Å²) < 4.78 is 6.85. The Labute approximate surface area is 128 Å². The number of benzene rings is 2. The van der Waals surface area contributed by atoms with Crippen molar-refractivity contribution in [3.05, 3.63) is 45.4 Å². The van der Waals surface area contributed by atoms with Crippen molar-refractivity contribution >= 4 is 26.7 Å². The third-order valence-corrected chi connectivity index (χ3v) is 4.70. The van der Waals surface area contributed by atoms with E-state index in [0.717, 1.165) is 37.3 Å². The van der Waals surface area contributed by atoms with Gasteiger partial charge in [0.15, 0.2) is 0 Å². The number of nitrogens with zero attached hydrogens (tertiary/aromatic N) is 1. The van der Waals surface area contributed by atoms with E-state index in [4.69, 9.17) is 4.74 Å². The number of rotatable bonds is 4. The molecule has 3 heteroatoms. The minimum atomic E-state index is 0.744. The fourth-order valence-electron chi connectivity index (χ4n) is 2.98. The van der Waals surface area contributed by atoms with Crippen LogP contribution in [-0.2, 0) is 24.5 Å². The topological polar surface area (TPSA) is 12.5 Å². The lowest BCUT2D eigenvalue weighted by atomic mass is 9.95. The lowest BCUT2D eigenvalue weighted by molar-refractivity contribution is 0.134. The molecular formula is C17H20BrNO. The molecule has 0 saturated carbocycles. The zero-order chi connectivity index (χ0) is 14.1. The fraction of sp³-hybridized carbons (Fsp3) is 0.412. The highest BCUT2D eigenvalue weighted by Gasteiger charge is 2.19. The highest BCUT2D eigenvalue weighted by molar-refractivity contribution is 9.10. The van der Waals surface area contributed by atoms with Gasteiger partial charge in [-0.15, -0.1) is 0 Å². The van der Waals surface area contributed by atoms with Gasteiger partial charge in [0.2, 0.25) is 0 Å². The first kappa shape index (κ1) is 14.1. The Morgan fingerprint density at radius 1 is 1.10 bits per heavy atom. The molecule has 2 aromatic carbocycles. The van der Waals surface area contributed by atoms with E-state index >= 15 is 0 Å². The van der Waals surface area contributed by atoms with Crippen LogP contribution in [0.3, 0.4) is 0 Å². The van der Waals surface area contributed by atoms with Gasteiger partial charge >= 0.3 is 0 Å². The van der Waals surface area contributed by atoms with E-state index in [1.807, 2.05) is 0 Å². The average Bonchev–Trinajstić information content (AvgIpc) is 2.95. The van der Waals surface area contributed by atoms with Crippen molar-refractivity contribution in [3.63, 3.8) is 0 Å². The van der Waals surface area contributed by atoms with Gasteiger partial charge in [-0.05, 0) is 58.8 Å². The van der Waals surface area contributed by atoms with Crippen molar-refractivity contribution in [2.75, 3.05) is 13.1 Å². The lowest BCUT2D eigenvalue weighted by Crippen LogP contribution is -2.22. The molecule has 106 valence electrons. The second-order valence-electron chi connectivity index (χ2n) is 5.31. The predicted molar refractivity (Wildman–Crippen MR) is 86.8 cm³/mol. The van der Waals surface area contributed by atoms with Crippen LogP contribution in [0.1, 0.15) is 30.5 Å². The van der Waals surface area contributed by atoms with Crippen LogP contribution >= 0.6 is 15.9 Å². The molecule has 0 N–H and O–H groups in total. The molecular weight excluding hydrogens is 314 g/mol. The van der Waals surface area contributed by atoms with E-state index in [2.05, 4.69) is 58.9 Å². The first-order valence-electron chi connectivity index (χ1n) is 7.26. The van der Waals surface area contributed by atoms with Crippen LogP contribution in [0.5, 0.6) is 0 Å². The third-order valence-electron chi connectivity index (χ3n) is 4.20. The summed E-state index contributed by atoms with van der Waals surface area (Å²) >= 11 is 3.57. The predicted octanol–water partition coefficient (Wildman–Crippen LogP) is 4.47. The second kappa shape index (κ2) is 5.84. The number of hydrogen-bond acceptors (Lipinski definition) is 2. The Morgan fingerprint density at radius 2 is 1.85 bits per heavy atom. The van der Waals surface area contributed by atoms with Crippen molar-refractivity contribution in [3.8, 4) is 0 Å². The molecule has 0 fully saturated rings. The Hall–Kier alpha value is -0.900. The third kappa shape index (κ3) is 2.50. The highest BCUT2D eigenvalue weighted by atomic mass is 79.9. The van der Waals surface area contributed by atoms with Crippen LogP contribution in [0.25, 0.3) is 10.8 Å². The molecule has 0 amide bonds. The highest BCUT2D eigenvalue weighted by Crippen LogP contribution is 2.33. The van der Waals surface area contributed by atoms with Crippen molar-refractivity contribution in [1.29, 1.82) is 0 Å². The summed E-state index contributed by atoms with van der Waals surface area (Å²) in [5.74, 6) is 0. The summed E-state index contributed by atoms with van der Waals surface area (Å²) in [7, 11) is 0. The Kier molecular flexibility index (Phi) is 4.11. The van der Waals surface area contributed by atoms with E-state index in [1.165, 1.54) is 27.5 Å². The van der Waals surface area contributed by atoms with Crippen molar-refractivity contribution < 1.29 is 4.74 Å². The lowest BCUT2D eigenvalue weighted by Gasteiger charge is -2.20. The van der Waals surface area contributed by atoms with Gasteiger partial charge in [-0.3, -0.25) is 4.90 Å². The largest absolute Gasteiger partial charge is 0.372 e. The fourth-order valence-corrected chi connectivity index (χ4v) is 3.34. The van der Waals surface area contributed by atoms with Gasteiger partial charge in [0, 0.05) is 11.0 Å². The Morgan fingerprint density at radius 3 is 2.60 bits per heavy atom. The van der Waals surface area contributed by atoms with E-state index < -0.39 is 0 Å². The van der Waals surface area contributed by atoms with E-state index in [0.29, 0.717) is 0 Å². The van der Waals surface area contributed by atoms with Crippen LogP contribution in [0.4, 0.5) is 0 Å². The van der Waals surface area contributed by atoms with Crippen molar-refractivity contribution in [2.45, 2.75) is 33.6 Å². The average molecular weight is 334 g/mol. The normalized spacial score (nSPS) is 14.2. The smallest absolute Gasteiger partial charge is 0.0731 e. The zero-order valence-electron chi connectivity index (χ0n) is 12.1. The molecule has 0 aliphatic carbocycles. The summed E-state index contributed by atoms with van der Waals surface area (Å²) in [4.78, 5) is 2.46. The molecule has 1 heterocycles. The zero-order valence-corrected chi connectivity index (χ0v) is 13.7. The first-order valence-corrected chi connectivity index (χ1v) is 8.05. The van der Waals surface area contributed by atoms with Crippen LogP contribution < -0.4 is 0 Å². The maximum Gasteiger partial charge on any atom is 0.0731 e. The number of ether oxygens (including phenoxy) is 1. The summed E-state index contributed by atoms with van der Waals surface area (Å²) in [5.41, 5.74) is 4.21. The van der Waals surface area contributed by atoms with Crippen LogP contribution in [0.2, 0.25) is 0 Å². The summed E-state index contributed by atoms with van der Waals surface area (Å²) in [6.45, 7) is 9.14. The molecule has 0 aromatic heterocycles. The molecule has 0 radical (unpaired) electrons. The maximum atomic E-state index is 5.72. The van der Waals surface area contributed by atoms with Gasteiger partial charge in [0.05, 0.1) is 13.2 Å². The standard InChI is InChI=1S/C17H20BrNO/c1-3-19(4-2)9-13-7-12-5-6-14(18)8-15(12)17-11-20-10-16(13)17/h5-8H,3-4,9-11H2,1-2H3. The van der Waals surface area contributed by atoms with Gasteiger partial charge in [0.25, 0.3) is 0 Å². The molecule has 1 aliphatic rings. The molecule has 0 saturated heterocycles. The molecule has 2 nitrogen and oxygen atoms in total. The maximum absolute atomic E-state index is 5.72. The first-order chi connectivity index (χ1) is 9.72. The summed E-state index contributed by atoms with van der Waals surface area (Å²) in [6.07, 6.45) is 0. The van der Waals surface area contributed by atoms with E-state index in [9.17, 15) is 0 Å². The minimum absolute atomic E-state index is 0.744. The number of hydrogen-bond donors (Lipinski definition) is 0. The summed E-state index contributed by atoms with van der Waals surface area (Å²) in [6, 6.07) is 8.87. The van der Waals surface area contributed by atoms with Gasteiger partial charge in [-0.2, -0.15) is 0 Å².